The van der Waals surface area contributed by atoms with E-state index in [1.807, 2.05) is 6.92 Å². The molecule has 1 aromatic carbocycles. The van der Waals surface area contributed by atoms with E-state index < -0.39 is 0 Å². The lowest BCUT2D eigenvalue weighted by Crippen LogP contribution is -2.30. The number of benzene rings is 1. The van der Waals surface area contributed by atoms with Crippen LogP contribution in [0.2, 0.25) is 5.02 Å². The summed E-state index contributed by atoms with van der Waals surface area (Å²) in [7, 11) is 1.37. The van der Waals surface area contributed by atoms with Crippen molar-refractivity contribution in [2.75, 3.05) is 20.2 Å². The highest BCUT2D eigenvalue weighted by Crippen LogP contribution is 2.28. The van der Waals surface area contributed by atoms with Crippen LogP contribution in [0.25, 0.3) is 0 Å². The van der Waals surface area contributed by atoms with Crippen molar-refractivity contribution in [3.05, 3.63) is 33.3 Å². The Kier molecular flexibility index (Phi) is 4.70. The van der Waals surface area contributed by atoms with Gasteiger partial charge in [-0.05, 0) is 24.1 Å². The summed E-state index contributed by atoms with van der Waals surface area (Å²) in [5, 5.41) is 0.410. The summed E-state index contributed by atoms with van der Waals surface area (Å²) < 4.78 is 5.56. The van der Waals surface area contributed by atoms with Gasteiger partial charge >= 0.3 is 5.97 Å². The van der Waals surface area contributed by atoms with Gasteiger partial charge in [0.1, 0.15) is 0 Å². The number of esters is 1. The van der Waals surface area contributed by atoms with Crippen molar-refractivity contribution >= 4 is 39.4 Å². The Morgan fingerprint density at radius 1 is 1.40 bits per heavy atom. The standard InChI is InChI=1S/C14H15BrClNO3/c1-8-6-17(7-11(8)14(19)20-2)13(18)10-5-9(15)3-4-12(10)16/h3-5,8,11H,6-7H2,1-2H3. The van der Waals surface area contributed by atoms with E-state index in [0.29, 0.717) is 23.7 Å². The Morgan fingerprint density at radius 2 is 2.10 bits per heavy atom. The van der Waals surface area contributed by atoms with Crippen molar-refractivity contribution in [2.24, 2.45) is 11.8 Å². The minimum Gasteiger partial charge on any atom is -0.469 e. The van der Waals surface area contributed by atoms with Crippen molar-refractivity contribution in [1.82, 2.24) is 4.90 Å². The lowest BCUT2D eigenvalue weighted by atomic mass is 9.99. The second kappa shape index (κ2) is 6.14. The largest absolute Gasteiger partial charge is 0.469 e. The maximum absolute atomic E-state index is 12.5. The van der Waals surface area contributed by atoms with E-state index in [1.54, 1.807) is 23.1 Å². The first-order chi connectivity index (χ1) is 9.43. The zero-order valence-corrected chi connectivity index (χ0v) is 13.6. The second-order valence-electron chi connectivity index (χ2n) is 4.94. The molecule has 20 heavy (non-hydrogen) atoms. The van der Waals surface area contributed by atoms with Gasteiger partial charge in [-0.25, -0.2) is 0 Å². The highest BCUT2D eigenvalue weighted by Gasteiger charge is 2.38. The van der Waals surface area contributed by atoms with Gasteiger partial charge in [-0.2, -0.15) is 0 Å². The van der Waals surface area contributed by atoms with Crippen LogP contribution in [0.5, 0.6) is 0 Å². The van der Waals surface area contributed by atoms with Gasteiger partial charge in [0.25, 0.3) is 5.91 Å². The Balaban J connectivity index is 2.19. The van der Waals surface area contributed by atoms with Crippen molar-refractivity contribution in [3.63, 3.8) is 0 Å². The quantitative estimate of drug-likeness (QED) is 0.762. The molecule has 0 aromatic heterocycles. The zero-order chi connectivity index (χ0) is 14.9. The van der Waals surface area contributed by atoms with Crippen LogP contribution in [0.3, 0.4) is 0 Å². The molecule has 1 aromatic rings. The molecule has 0 spiro atoms. The number of likely N-dealkylation sites (tertiary alicyclic amines) is 1. The van der Waals surface area contributed by atoms with E-state index in [2.05, 4.69) is 15.9 Å². The molecule has 0 bridgehead atoms. The van der Waals surface area contributed by atoms with Crippen molar-refractivity contribution in [2.45, 2.75) is 6.92 Å². The zero-order valence-electron chi connectivity index (χ0n) is 11.2. The number of halogens is 2. The van der Waals surface area contributed by atoms with Crippen molar-refractivity contribution < 1.29 is 14.3 Å². The molecule has 2 rings (SSSR count). The third kappa shape index (κ3) is 2.99. The van der Waals surface area contributed by atoms with Gasteiger partial charge in [-0.3, -0.25) is 9.59 Å². The van der Waals surface area contributed by atoms with E-state index in [0.717, 1.165) is 4.47 Å². The van der Waals surface area contributed by atoms with Gasteiger partial charge in [-0.1, -0.05) is 34.5 Å². The van der Waals surface area contributed by atoms with E-state index in [-0.39, 0.29) is 23.7 Å². The van der Waals surface area contributed by atoms with Crippen LogP contribution in [-0.2, 0) is 9.53 Å². The minimum absolute atomic E-state index is 0.0809. The predicted molar refractivity (Wildman–Crippen MR) is 79.7 cm³/mol. The number of methoxy groups -OCH3 is 1. The Hall–Kier alpha value is -1.07. The van der Waals surface area contributed by atoms with Crippen LogP contribution >= 0.6 is 27.5 Å². The molecule has 1 fully saturated rings. The monoisotopic (exact) mass is 359 g/mol. The number of hydrogen-bond donors (Lipinski definition) is 0. The van der Waals surface area contributed by atoms with Gasteiger partial charge in [0.15, 0.2) is 0 Å². The molecule has 1 aliphatic rings. The molecule has 2 unspecified atom stereocenters. The van der Waals surface area contributed by atoms with Gasteiger partial charge in [-0.15, -0.1) is 0 Å². The summed E-state index contributed by atoms with van der Waals surface area (Å²) in [5.41, 5.74) is 0.443. The number of nitrogens with zero attached hydrogens (tertiary/aromatic N) is 1. The summed E-state index contributed by atoms with van der Waals surface area (Å²) in [6, 6.07) is 5.15. The molecule has 6 heteroatoms. The lowest BCUT2D eigenvalue weighted by Gasteiger charge is -2.17. The average Bonchev–Trinajstić information content (AvgIpc) is 2.82. The molecule has 0 radical (unpaired) electrons. The third-order valence-electron chi connectivity index (χ3n) is 3.56. The van der Waals surface area contributed by atoms with Crippen LogP contribution in [0, 0.1) is 11.8 Å². The fourth-order valence-electron chi connectivity index (χ4n) is 2.42. The number of rotatable bonds is 2. The normalized spacial score (nSPS) is 21.9. The summed E-state index contributed by atoms with van der Waals surface area (Å²) in [6.07, 6.45) is 0. The first-order valence-electron chi connectivity index (χ1n) is 6.26. The first-order valence-corrected chi connectivity index (χ1v) is 7.43. The molecule has 1 heterocycles. The van der Waals surface area contributed by atoms with Crippen LogP contribution in [0.15, 0.2) is 22.7 Å². The Labute approximate surface area is 131 Å². The molecule has 108 valence electrons. The summed E-state index contributed by atoms with van der Waals surface area (Å²) in [6.45, 7) is 2.84. The molecular formula is C14H15BrClNO3. The molecule has 4 nitrogen and oxygen atoms in total. The van der Waals surface area contributed by atoms with Gasteiger partial charge in [0.2, 0.25) is 0 Å². The van der Waals surface area contributed by atoms with Crippen LogP contribution in [-0.4, -0.2) is 37.0 Å². The molecule has 0 saturated carbocycles. The highest BCUT2D eigenvalue weighted by molar-refractivity contribution is 9.10. The molecule has 1 amide bonds. The fraction of sp³-hybridized carbons (Fsp3) is 0.429. The molecular weight excluding hydrogens is 346 g/mol. The maximum atomic E-state index is 12.5. The number of carbonyl (C=O) groups is 2. The van der Waals surface area contributed by atoms with E-state index in [4.69, 9.17) is 16.3 Å². The minimum atomic E-state index is -0.270. The van der Waals surface area contributed by atoms with Crippen LogP contribution in [0.4, 0.5) is 0 Å². The second-order valence-corrected chi connectivity index (χ2v) is 6.26. The fourth-order valence-corrected chi connectivity index (χ4v) is 2.98. The number of carbonyl (C=O) groups excluding carboxylic acids is 2. The Morgan fingerprint density at radius 3 is 2.75 bits per heavy atom. The first kappa shape index (κ1) is 15.3. The SMILES string of the molecule is COC(=O)C1CN(C(=O)c2cc(Br)ccc2Cl)CC1C. The van der Waals surface area contributed by atoms with Crippen molar-refractivity contribution in [3.8, 4) is 0 Å². The summed E-state index contributed by atoms with van der Waals surface area (Å²) >= 11 is 9.40. The smallest absolute Gasteiger partial charge is 0.310 e. The van der Waals surface area contributed by atoms with Gasteiger partial charge in [0, 0.05) is 17.6 Å². The number of hydrogen-bond acceptors (Lipinski definition) is 3. The number of ether oxygens (including phenoxy) is 1. The molecule has 2 atom stereocenters. The molecule has 0 N–H and O–H groups in total. The topological polar surface area (TPSA) is 46.6 Å². The third-order valence-corrected chi connectivity index (χ3v) is 4.39. The van der Waals surface area contributed by atoms with Crippen LogP contribution in [0.1, 0.15) is 17.3 Å². The van der Waals surface area contributed by atoms with Gasteiger partial charge < -0.3 is 9.64 Å². The maximum Gasteiger partial charge on any atom is 0.310 e. The molecule has 1 saturated heterocycles. The van der Waals surface area contributed by atoms with Crippen LogP contribution < -0.4 is 0 Å². The number of amides is 1. The molecule has 0 aliphatic carbocycles. The summed E-state index contributed by atoms with van der Waals surface area (Å²) in [5.74, 6) is -0.616. The molecule has 1 aliphatic heterocycles. The van der Waals surface area contributed by atoms with Gasteiger partial charge in [0.05, 0.1) is 23.6 Å². The van der Waals surface area contributed by atoms with E-state index >= 15 is 0 Å². The Bertz CT molecular complexity index is 549. The van der Waals surface area contributed by atoms with E-state index in [1.165, 1.54) is 7.11 Å². The average molecular weight is 361 g/mol. The highest BCUT2D eigenvalue weighted by atomic mass is 79.9. The predicted octanol–water partition coefficient (Wildman–Crippen LogP) is 2.98. The van der Waals surface area contributed by atoms with Crippen molar-refractivity contribution in [1.29, 1.82) is 0 Å². The summed E-state index contributed by atoms with van der Waals surface area (Å²) in [4.78, 5) is 25.8. The lowest BCUT2D eigenvalue weighted by molar-refractivity contribution is -0.146. The van der Waals surface area contributed by atoms with E-state index in [9.17, 15) is 9.59 Å².